The molecule has 0 radical (unpaired) electrons. The molecule has 0 bridgehead atoms. The summed E-state index contributed by atoms with van der Waals surface area (Å²) in [4.78, 5) is 12.3. The molecule has 0 aliphatic carbocycles. The van der Waals surface area contributed by atoms with E-state index in [2.05, 4.69) is 22.7 Å². The summed E-state index contributed by atoms with van der Waals surface area (Å²) >= 11 is 0. The lowest BCUT2D eigenvalue weighted by Gasteiger charge is -2.05. The molecule has 1 amide bonds. The molecule has 3 aromatic carbocycles. The minimum Gasteiger partial charge on any atom is -0.324 e. The minimum absolute atomic E-state index is 0.236. The molecule has 4 aromatic rings. The summed E-state index contributed by atoms with van der Waals surface area (Å²) in [6.07, 6.45) is 5.60. The maximum absolute atomic E-state index is 12.3. The third kappa shape index (κ3) is 3.26. The number of hydrogen-bond acceptors (Lipinski definition) is 2. The van der Waals surface area contributed by atoms with E-state index in [1.54, 1.807) is 18.3 Å². The lowest BCUT2D eigenvalue weighted by Crippen LogP contribution is -2.17. The molecule has 0 aliphatic heterocycles. The van der Waals surface area contributed by atoms with E-state index in [-0.39, 0.29) is 5.91 Å². The van der Waals surface area contributed by atoms with Gasteiger partial charge in [0.1, 0.15) is 0 Å². The highest BCUT2D eigenvalue weighted by atomic mass is 16.2. The monoisotopic (exact) mass is 339 g/mol. The second-order valence-corrected chi connectivity index (χ2v) is 5.90. The number of nitrogens with zero attached hydrogens (tertiary/aromatic N) is 2. The summed E-state index contributed by atoms with van der Waals surface area (Å²) in [5, 5.41) is 6.35. The van der Waals surface area contributed by atoms with Gasteiger partial charge in [-0.1, -0.05) is 42.5 Å². The van der Waals surface area contributed by atoms with Crippen molar-refractivity contribution in [2.75, 3.05) is 0 Å². The van der Waals surface area contributed by atoms with Gasteiger partial charge in [-0.25, -0.2) is 5.43 Å². The van der Waals surface area contributed by atoms with Gasteiger partial charge >= 0.3 is 0 Å². The van der Waals surface area contributed by atoms with Crippen LogP contribution in [-0.2, 0) is 0 Å². The first kappa shape index (κ1) is 15.8. The Morgan fingerprint density at radius 3 is 2.38 bits per heavy atom. The van der Waals surface area contributed by atoms with Crippen molar-refractivity contribution in [3.63, 3.8) is 0 Å². The minimum atomic E-state index is -0.236. The van der Waals surface area contributed by atoms with Crippen LogP contribution in [0.1, 0.15) is 15.9 Å². The first-order valence-corrected chi connectivity index (χ1v) is 8.36. The number of rotatable bonds is 4. The molecule has 4 heteroatoms. The normalized spacial score (nSPS) is 11.1. The molecule has 1 aromatic heterocycles. The number of carbonyl (C=O) groups excluding carboxylic acids is 1. The first-order chi connectivity index (χ1) is 12.8. The van der Waals surface area contributed by atoms with E-state index in [0.717, 1.165) is 22.0 Å². The molecule has 0 spiro atoms. The van der Waals surface area contributed by atoms with E-state index in [1.807, 2.05) is 71.6 Å². The van der Waals surface area contributed by atoms with Gasteiger partial charge in [-0.2, -0.15) is 5.10 Å². The van der Waals surface area contributed by atoms with Crippen molar-refractivity contribution in [2.45, 2.75) is 0 Å². The highest BCUT2D eigenvalue weighted by Gasteiger charge is 2.04. The summed E-state index contributed by atoms with van der Waals surface area (Å²) in [6, 6.07) is 25.4. The Bertz CT molecular complexity index is 1060. The van der Waals surface area contributed by atoms with Crippen LogP contribution >= 0.6 is 0 Å². The number of carbonyl (C=O) groups is 1. The van der Waals surface area contributed by atoms with Gasteiger partial charge < -0.3 is 4.57 Å². The fourth-order valence-corrected chi connectivity index (χ4v) is 2.88. The van der Waals surface area contributed by atoms with Gasteiger partial charge in [0.15, 0.2) is 0 Å². The van der Waals surface area contributed by atoms with Crippen LogP contribution in [-0.4, -0.2) is 16.7 Å². The molecule has 0 atom stereocenters. The highest BCUT2D eigenvalue weighted by Crippen LogP contribution is 2.16. The standard InChI is InChI=1S/C22H17N3O/c26-22(18-10-12-20(13-11-18)25-14-3-4-15-25)24-23-16-19-8-5-7-17-6-1-2-9-21(17)19/h1-16H,(H,24,26)/b23-16+. The third-order valence-electron chi connectivity index (χ3n) is 4.23. The van der Waals surface area contributed by atoms with E-state index in [9.17, 15) is 4.79 Å². The molecular formula is C22H17N3O. The van der Waals surface area contributed by atoms with Crippen LogP contribution in [0, 0.1) is 0 Å². The maximum Gasteiger partial charge on any atom is 0.271 e. The summed E-state index contributed by atoms with van der Waals surface area (Å²) in [5.41, 5.74) is 5.13. The molecule has 0 aliphatic rings. The third-order valence-corrected chi connectivity index (χ3v) is 4.23. The fraction of sp³-hybridized carbons (Fsp3) is 0. The Hall–Kier alpha value is -3.66. The number of hydrazone groups is 1. The summed E-state index contributed by atoms with van der Waals surface area (Å²) < 4.78 is 1.99. The van der Waals surface area contributed by atoms with Crippen LogP contribution in [0.25, 0.3) is 16.5 Å². The van der Waals surface area contributed by atoms with Crippen LogP contribution in [0.5, 0.6) is 0 Å². The average molecular weight is 339 g/mol. The van der Waals surface area contributed by atoms with Crippen molar-refractivity contribution in [3.05, 3.63) is 102 Å². The van der Waals surface area contributed by atoms with Gasteiger partial charge in [-0.3, -0.25) is 4.79 Å². The zero-order valence-corrected chi connectivity index (χ0v) is 14.0. The van der Waals surface area contributed by atoms with E-state index in [1.165, 1.54) is 0 Å². The van der Waals surface area contributed by atoms with Crippen LogP contribution < -0.4 is 5.43 Å². The molecule has 1 heterocycles. The topological polar surface area (TPSA) is 46.4 Å². The Kier molecular flexibility index (Phi) is 4.31. The second-order valence-electron chi connectivity index (χ2n) is 5.90. The van der Waals surface area contributed by atoms with Crippen molar-refractivity contribution in [3.8, 4) is 5.69 Å². The number of benzene rings is 3. The molecule has 0 unspecified atom stereocenters. The molecule has 26 heavy (non-hydrogen) atoms. The molecule has 1 N–H and O–H groups in total. The smallest absolute Gasteiger partial charge is 0.271 e. The van der Waals surface area contributed by atoms with E-state index in [0.29, 0.717) is 5.56 Å². The largest absolute Gasteiger partial charge is 0.324 e. The lowest BCUT2D eigenvalue weighted by atomic mass is 10.1. The number of fused-ring (bicyclic) bond motifs is 1. The highest BCUT2D eigenvalue weighted by molar-refractivity contribution is 6.00. The van der Waals surface area contributed by atoms with Crippen LogP contribution in [0.15, 0.2) is 96.4 Å². The van der Waals surface area contributed by atoms with Crippen LogP contribution in [0.4, 0.5) is 0 Å². The van der Waals surface area contributed by atoms with Crippen molar-refractivity contribution in [1.29, 1.82) is 0 Å². The molecule has 4 nitrogen and oxygen atoms in total. The van der Waals surface area contributed by atoms with Gasteiger partial charge in [0, 0.05) is 29.2 Å². The van der Waals surface area contributed by atoms with Crippen molar-refractivity contribution in [2.24, 2.45) is 5.10 Å². The summed E-state index contributed by atoms with van der Waals surface area (Å²) in [5.74, 6) is -0.236. The zero-order chi connectivity index (χ0) is 17.8. The van der Waals surface area contributed by atoms with Gasteiger partial charge in [0.2, 0.25) is 0 Å². The van der Waals surface area contributed by atoms with E-state index in [4.69, 9.17) is 0 Å². The number of amides is 1. The van der Waals surface area contributed by atoms with Crippen molar-refractivity contribution < 1.29 is 4.79 Å². The quantitative estimate of drug-likeness (QED) is 0.435. The summed E-state index contributed by atoms with van der Waals surface area (Å²) in [6.45, 7) is 0. The molecule has 126 valence electrons. The molecule has 4 rings (SSSR count). The Morgan fingerprint density at radius 2 is 1.58 bits per heavy atom. The SMILES string of the molecule is O=C(N/N=C/c1cccc2ccccc12)c1ccc(-n2cccc2)cc1. The number of aromatic nitrogens is 1. The molecular weight excluding hydrogens is 322 g/mol. The van der Waals surface area contributed by atoms with Gasteiger partial charge in [0.05, 0.1) is 6.21 Å². The second kappa shape index (κ2) is 7.07. The van der Waals surface area contributed by atoms with Crippen LogP contribution in [0.3, 0.4) is 0 Å². The lowest BCUT2D eigenvalue weighted by molar-refractivity contribution is 0.0955. The van der Waals surface area contributed by atoms with Crippen molar-refractivity contribution in [1.82, 2.24) is 9.99 Å². The Morgan fingerprint density at radius 1 is 0.846 bits per heavy atom. The van der Waals surface area contributed by atoms with Gasteiger partial charge in [-0.15, -0.1) is 0 Å². The molecule has 0 saturated carbocycles. The summed E-state index contributed by atoms with van der Waals surface area (Å²) in [7, 11) is 0. The Labute approximate surface area is 151 Å². The average Bonchev–Trinajstić information content (AvgIpc) is 3.23. The van der Waals surface area contributed by atoms with E-state index < -0.39 is 0 Å². The number of nitrogens with one attached hydrogen (secondary N) is 1. The van der Waals surface area contributed by atoms with Gasteiger partial charge in [-0.05, 0) is 47.2 Å². The fourth-order valence-electron chi connectivity index (χ4n) is 2.88. The zero-order valence-electron chi connectivity index (χ0n) is 14.0. The predicted octanol–water partition coefficient (Wildman–Crippen LogP) is 4.39. The molecule has 0 fully saturated rings. The van der Waals surface area contributed by atoms with Crippen LogP contribution in [0.2, 0.25) is 0 Å². The number of hydrogen-bond donors (Lipinski definition) is 1. The first-order valence-electron chi connectivity index (χ1n) is 8.36. The Balaban J connectivity index is 1.47. The maximum atomic E-state index is 12.3. The van der Waals surface area contributed by atoms with E-state index >= 15 is 0 Å². The van der Waals surface area contributed by atoms with Crippen molar-refractivity contribution >= 4 is 22.9 Å². The predicted molar refractivity (Wildman–Crippen MR) is 105 cm³/mol. The molecule has 0 saturated heterocycles. The van der Waals surface area contributed by atoms with Gasteiger partial charge in [0.25, 0.3) is 5.91 Å².